The third-order valence-corrected chi connectivity index (χ3v) is 7.95. The predicted octanol–water partition coefficient (Wildman–Crippen LogP) is 3.18. The van der Waals surface area contributed by atoms with E-state index in [0.29, 0.717) is 42.4 Å². The van der Waals surface area contributed by atoms with Crippen molar-refractivity contribution in [3.8, 4) is 22.9 Å². The first-order chi connectivity index (χ1) is 17.4. The van der Waals surface area contributed by atoms with Gasteiger partial charge in [-0.2, -0.15) is 9.29 Å². The molecular formula is C25H30N4O6S. The minimum absolute atomic E-state index is 0.0797. The first kappa shape index (κ1) is 25.6. The van der Waals surface area contributed by atoms with Gasteiger partial charge in [-0.1, -0.05) is 23.7 Å². The van der Waals surface area contributed by atoms with Gasteiger partial charge in [0.1, 0.15) is 11.5 Å². The van der Waals surface area contributed by atoms with E-state index in [1.165, 1.54) is 11.4 Å². The first-order valence-corrected chi connectivity index (χ1v) is 13.3. The zero-order valence-corrected chi connectivity index (χ0v) is 21.2. The molecular weight excluding hydrogens is 484 g/mol. The van der Waals surface area contributed by atoms with Crippen molar-refractivity contribution in [2.24, 2.45) is 0 Å². The van der Waals surface area contributed by atoms with Crippen molar-refractivity contribution in [3.63, 3.8) is 0 Å². The van der Waals surface area contributed by atoms with Crippen LogP contribution in [0.3, 0.4) is 0 Å². The van der Waals surface area contributed by atoms with E-state index >= 15 is 0 Å². The summed E-state index contributed by atoms with van der Waals surface area (Å²) in [5.74, 6) is 1.65. The highest BCUT2D eigenvalue weighted by Gasteiger charge is 2.26. The molecule has 2 aromatic carbocycles. The lowest BCUT2D eigenvalue weighted by atomic mass is 10.1. The van der Waals surface area contributed by atoms with E-state index in [1.807, 2.05) is 18.2 Å². The van der Waals surface area contributed by atoms with E-state index in [9.17, 15) is 13.2 Å². The number of aromatic nitrogens is 2. The highest BCUT2D eigenvalue weighted by Crippen LogP contribution is 2.27. The van der Waals surface area contributed by atoms with Gasteiger partial charge in [0.2, 0.25) is 27.6 Å². The van der Waals surface area contributed by atoms with Gasteiger partial charge in [-0.05, 0) is 55.2 Å². The van der Waals surface area contributed by atoms with Crippen molar-refractivity contribution < 1.29 is 27.2 Å². The summed E-state index contributed by atoms with van der Waals surface area (Å²) in [5, 5.41) is 6.72. The zero-order valence-electron chi connectivity index (χ0n) is 20.4. The van der Waals surface area contributed by atoms with E-state index in [0.717, 1.165) is 24.8 Å². The Morgan fingerprint density at radius 2 is 1.89 bits per heavy atom. The lowest BCUT2D eigenvalue weighted by Gasteiger charge is -2.26. The maximum Gasteiger partial charge on any atom is 0.246 e. The first-order valence-electron chi connectivity index (χ1n) is 11.8. The molecule has 11 heteroatoms. The number of methoxy groups -OCH3 is 2. The van der Waals surface area contributed by atoms with Crippen LogP contribution in [0.1, 0.15) is 37.1 Å². The fraction of sp³-hybridized carbons (Fsp3) is 0.400. The third-order valence-electron chi connectivity index (χ3n) is 6.06. The molecule has 4 rings (SSSR count). The number of nitrogens with zero attached hydrogens (tertiary/aromatic N) is 3. The van der Waals surface area contributed by atoms with Gasteiger partial charge in [0, 0.05) is 25.1 Å². The van der Waals surface area contributed by atoms with Crippen LogP contribution in [0.4, 0.5) is 0 Å². The molecule has 1 amide bonds. The number of aryl methyl sites for hydroxylation is 1. The van der Waals surface area contributed by atoms with Gasteiger partial charge in [-0.15, -0.1) is 0 Å². The van der Waals surface area contributed by atoms with Gasteiger partial charge in [0.15, 0.2) is 0 Å². The third kappa shape index (κ3) is 6.03. The lowest BCUT2D eigenvalue weighted by molar-refractivity contribution is -0.121. The van der Waals surface area contributed by atoms with Crippen molar-refractivity contribution in [1.29, 1.82) is 0 Å². The number of hydrogen-bond donors (Lipinski definition) is 1. The van der Waals surface area contributed by atoms with E-state index in [4.69, 9.17) is 14.0 Å². The Kier molecular flexibility index (Phi) is 8.21. The summed E-state index contributed by atoms with van der Waals surface area (Å²) in [6.07, 6.45) is 3.23. The van der Waals surface area contributed by atoms with Gasteiger partial charge < -0.3 is 19.3 Å². The number of sulfonamides is 1. The molecule has 3 aromatic rings. The predicted molar refractivity (Wildman–Crippen MR) is 132 cm³/mol. The lowest BCUT2D eigenvalue weighted by Crippen LogP contribution is -2.35. The molecule has 10 nitrogen and oxygen atoms in total. The van der Waals surface area contributed by atoms with Crippen LogP contribution in [-0.4, -0.2) is 56.1 Å². The number of rotatable bonds is 10. The van der Waals surface area contributed by atoms with Crippen LogP contribution in [0.2, 0.25) is 0 Å². The average Bonchev–Trinajstić information content (AvgIpc) is 3.40. The van der Waals surface area contributed by atoms with Gasteiger partial charge in [0.05, 0.1) is 25.7 Å². The fourth-order valence-corrected chi connectivity index (χ4v) is 5.65. The van der Waals surface area contributed by atoms with Crippen LogP contribution in [0.15, 0.2) is 51.9 Å². The van der Waals surface area contributed by atoms with Gasteiger partial charge in [-0.3, -0.25) is 4.79 Å². The number of ether oxygens (including phenoxy) is 2. The second-order valence-electron chi connectivity index (χ2n) is 8.46. The number of hydrogen-bond acceptors (Lipinski definition) is 8. The Labute approximate surface area is 210 Å². The molecule has 0 radical (unpaired) electrons. The Bertz CT molecular complexity index is 1300. The number of carbonyl (C=O) groups excluding carboxylic acids is 1. The second kappa shape index (κ2) is 11.5. The van der Waals surface area contributed by atoms with Crippen molar-refractivity contribution in [2.45, 2.75) is 43.5 Å². The molecule has 0 atom stereocenters. The second-order valence-corrected chi connectivity index (χ2v) is 10.4. The van der Waals surface area contributed by atoms with Gasteiger partial charge in [-0.25, -0.2) is 8.42 Å². The maximum atomic E-state index is 13.1. The van der Waals surface area contributed by atoms with E-state index in [-0.39, 0.29) is 29.7 Å². The molecule has 2 heterocycles. The minimum Gasteiger partial charge on any atom is -0.497 e. The number of benzene rings is 2. The topological polar surface area (TPSA) is 124 Å². The molecule has 0 bridgehead atoms. The highest BCUT2D eigenvalue weighted by atomic mass is 32.2. The number of nitrogens with one attached hydrogen (secondary N) is 1. The quantitative estimate of drug-likeness (QED) is 0.438. The summed E-state index contributed by atoms with van der Waals surface area (Å²) in [4.78, 5) is 17.0. The summed E-state index contributed by atoms with van der Waals surface area (Å²) >= 11 is 0. The normalized spacial score (nSPS) is 14.4. The van der Waals surface area contributed by atoms with Crippen molar-refractivity contribution >= 4 is 15.9 Å². The smallest absolute Gasteiger partial charge is 0.246 e. The van der Waals surface area contributed by atoms with Crippen LogP contribution < -0.4 is 14.8 Å². The number of piperidine rings is 1. The van der Waals surface area contributed by atoms with Crippen LogP contribution in [0.25, 0.3) is 11.4 Å². The summed E-state index contributed by atoms with van der Waals surface area (Å²) in [5.41, 5.74) is 1.39. The summed E-state index contributed by atoms with van der Waals surface area (Å²) in [7, 11) is -0.478. The van der Waals surface area contributed by atoms with Crippen LogP contribution in [0.5, 0.6) is 11.5 Å². The Morgan fingerprint density at radius 3 is 2.64 bits per heavy atom. The molecule has 0 saturated carbocycles. The summed E-state index contributed by atoms with van der Waals surface area (Å²) in [6, 6.07) is 12.1. The molecule has 1 aliphatic heterocycles. The van der Waals surface area contributed by atoms with Crippen molar-refractivity contribution in [1.82, 2.24) is 19.8 Å². The van der Waals surface area contributed by atoms with Crippen LogP contribution in [0, 0.1) is 0 Å². The Morgan fingerprint density at radius 1 is 1.08 bits per heavy atom. The highest BCUT2D eigenvalue weighted by molar-refractivity contribution is 7.89. The standard InChI is InChI=1S/C25H30N4O6S/c1-33-20-8-6-7-19(15-20)25-27-24(35-28-25)17-26-23(30)12-9-18-16-21(10-11-22(18)34-2)36(31,32)29-13-4-3-5-14-29/h6-8,10-11,15-16H,3-5,9,12-14,17H2,1-2H3,(H,26,30). The van der Waals surface area contributed by atoms with Gasteiger partial charge in [0.25, 0.3) is 0 Å². The number of carbonyl (C=O) groups is 1. The minimum atomic E-state index is -3.58. The summed E-state index contributed by atoms with van der Waals surface area (Å²) in [6.45, 7) is 1.14. The Hall–Kier alpha value is -3.44. The van der Waals surface area contributed by atoms with E-state index in [2.05, 4.69) is 15.5 Å². The van der Waals surface area contributed by atoms with E-state index < -0.39 is 10.0 Å². The molecule has 1 aromatic heterocycles. The van der Waals surface area contributed by atoms with Crippen LogP contribution >= 0.6 is 0 Å². The Balaban J connectivity index is 1.36. The molecule has 192 valence electrons. The number of amides is 1. The zero-order chi connectivity index (χ0) is 25.5. The molecule has 0 spiro atoms. The fourth-order valence-electron chi connectivity index (χ4n) is 4.08. The van der Waals surface area contributed by atoms with Crippen molar-refractivity contribution in [3.05, 3.63) is 53.9 Å². The molecule has 1 saturated heterocycles. The monoisotopic (exact) mass is 514 g/mol. The largest absolute Gasteiger partial charge is 0.497 e. The maximum absolute atomic E-state index is 13.1. The molecule has 1 N–H and O–H groups in total. The van der Waals surface area contributed by atoms with E-state index in [1.54, 1.807) is 31.4 Å². The molecule has 1 aliphatic rings. The molecule has 36 heavy (non-hydrogen) atoms. The molecule has 0 unspecified atom stereocenters. The SMILES string of the molecule is COc1cccc(-c2noc(CNC(=O)CCc3cc(S(=O)(=O)N4CCCCC4)ccc3OC)n2)c1. The average molecular weight is 515 g/mol. The molecule has 0 aliphatic carbocycles. The summed E-state index contributed by atoms with van der Waals surface area (Å²) < 4.78 is 43.5. The van der Waals surface area contributed by atoms with Crippen molar-refractivity contribution in [2.75, 3.05) is 27.3 Å². The van der Waals surface area contributed by atoms with Crippen LogP contribution in [-0.2, 0) is 27.8 Å². The van der Waals surface area contributed by atoms with Gasteiger partial charge >= 0.3 is 0 Å². The molecule has 1 fully saturated rings.